The van der Waals surface area contributed by atoms with Crippen LogP contribution in [0.3, 0.4) is 0 Å². The summed E-state index contributed by atoms with van der Waals surface area (Å²) < 4.78 is 5.49. The third-order valence-corrected chi connectivity index (χ3v) is 3.55. The molecule has 3 rings (SSSR count). The second-order valence-electron chi connectivity index (χ2n) is 5.02. The average molecular weight is 274 g/mol. The van der Waals surface area contributed by atoms with Gasteiger partial charge in [-0.3, -0.25) is 9.59 Å². The van der Waals surface area contributed by atoms with Crippen LogP contribution in [0.1, 0.15) is 22.7 Å². The molecule has 104 valence electrons. The molecule has 1 amide bonds. The summed E-state index contributed by atoms with van der Waals surface area (Å²) in [5, 5.41) is 8.96. The van der Waals surface area contributed by atoms with E-state index in [0.717, 1.165) is 5.69 Å². The van der Waals surface area contributed by atoms with Gasteiger partial charge in [-0.1, -0.05) is 0 Å². The van der Waals surface area contributed by atoms with Gasteiger partial charge in [0.25, 0.3) is 5.91 Å². The fraction of sp³-hybridized carbons (Fsp3) is 0.357. The number of carbonyl (C=O) groups excluding carboxylic acids is 1. The summed E-state index contributed by atoms with van der Waals surface area (Å²) in [6.07, 6.45) is 0.485. The molecule has 2 aromatic heterocycles. The van der Waals surface area contributed by atoms with E-state index in [2.05, 4.69) is 4.98 Å². The number of hydrogen-bond donors (Lipinski definition) is 1. The van der Waals surface area contributed by atoms with Crippen molar-refractivity contribution in [3.63, 3.8) is 0 Å². The van der Waals surface area contributed by atoms with E-state index in [1.165, 1.54) is 4.90 Å². The van der Waals surface area contributed by atoms with Gasteiger partial charge in [-0.2, -0.15) is 0 Å². The van der Waals surface area contributed by atoms with Gasteiger partial charge in [0.05, 0.1) is 5.92 Å². The number of amides is 1. The molecule has 1 fully saturated rings. The van der Waals surface area contributed by atoms with Crippen molar-refractivity contribution >= 4 is 23.0 Å². The predicted molar refractivity (Wildman–Crippen MR) is 70.4 cm³/mol. The summed E-state index contributed by atoms with van der Waals surface area (Å²) in [5.74, 6) is -1.40. The van der Waals surface area contributed by atoms with E-state index in [-0.39, 0.29) is 18.2 Å². The summed E-state index contributed by atoms with van der Waals surface area (Å²) in [6, 6.07) is 5.20. The molecule has 1 N–H and O–H groups in total. The molecule has 0 saturated carbocycles. The van der Waals surface area contributed by atoms with Crippen LogP contribution < -0.4 is 0 Å². The summed E-state index contributed by atoms with van der Waals surface area (Å²) in [7, 11) is 0. The van der Waals surface area contributed by atoms with Crippen LogP contribution in [0.2, 0.25) is 0 Å². The zero-order valence-corrected chi connectivity index (χ0v) is 11.0. The van der Waals surface area contributed by atoms with Crippen LogP contribution in [-0.4, -0.2) is 40.0 Å². The molecule has 6 nitrogen and oxygen atoms in total. The molecule has 0 bridgehead atoms. The van der Waals surface area contributed by atoms with Crippen molar-refractivity contribution in [1.82, 2.24) is 9.88 Å². The third-order valence-electron chi connectivity index (χ3n) is 3.55. The summed E-state index contributed by atoms with van der Waals surface area (Å²) in [4.78, 5) is 29.0. The molecule has 6 heteroatoms. The van der Waals surface area contributed by atoms with Crippen molar-refractivity contribution in [3.8, 4) is 0 Å². The molecule has 0 radical (unpaired) electrons. The van der Waals surface area contributed by atoms with Crippen molar-refractivity contribution in [1.29, 1.82) is 0 Å². The van der Waals surface area contributed by atoms with E-state index in [9.17, 15) is 9.59 Å². The van der Waals surface area contributed by atoms with Gasteiger partial charge in [-0.15, -0.1) is 0 Å². The maximum absolute atomic E-state index is 12.3. The number of aryl methyl sites for hydroxylation is 1. The van der Waals surface area contributed by atoms with E-state index >= 15 is 0 Å². The van der Waals surface area contributed by atoms with Crippen molar-refractivity contribution in [2.45, 2.75) is 13.3 Å². The van der Waals surface area contributed by atoms with E-state index < -0.39 is 11.9 Å². The van der Waals surface area contributed by atoms with E-state index in [0.29, 0.717) is 24.1 Å². The topological polar surface area (TPSA) is 83.6 Å². The number of fused-ring (bicyclic) bond motifs is 1. The standard InChI is InChI=1S/C14H14N2O4/c1-8-2-3-11-10(15-8)6-12(20-11)13(17)16-5-4-9(7-16)14(18)19/h2-3,6,9H,4-5,7H2,1H3,(H,18,19). The Morgan fingerprint density at radius 1 is 1.45 bits per heavy atom. The number of carboxylic acid groups (broad SMARTS) is 1. The summed E-state index contributed by atoms with van der Waals surface area (Å²) >= 11 is 0. The van der Waals surface area contributed by atoms with Crippen LogP contribution in [0, 0.1) is 12.8 Å². The van der Waals surface area contributed by atoms with Crippen LogP contribution in [0.4, 0.5) is 0 Å². The Kier molecular flexibility index (Phi) is 2.93. The number of aromatic nitrogens is 1. The van der Waals surface area contributed by atoms with Crippen LogP contribution in [0.5, 0.6) is 0 Å². The Morgan fingerprint density at radius 3 is 2.95 bits per heavy atom. The van der Waals surface area contributed by atoms with Crippen molar-refractivity contribution in [2.24, 2.45) is 5.92 Å². The van der Waals surface area contributed by atoms with Crippen molar-refractivity contribution in [3.05, 3.63) is 29.7 Å². The molecular weight excluding hydrogens is 260 g/mol. The fourth-order valence-electron chi connectivity index (χ4n) is 2.43. The molecule has 0 spiro atoms. The first-order chi connectivity index (χ1) is 9.54. The Morgan fingerprint density at radius 2 is 2.25 bits per heavy atom. The summed E-state index contributed by atoms with van der Waals surface area (Å²) in [5.41, 5.74) is 2.06. The molecule has 1 aliphatic heterocycles. The quantitative estimate of drug-likeness (QED) is 0.900. The molecular formula is C14H14N2O4. The molecule has 0 aromatic carbocycles. The van der Waals surface area contributed by atoms with Crippen LogP contribution >= 0.6 is 0 Å². The lowest BCUT2D eigenvalue weighted by Gasteiger charge is -2.13. The number of aliphatic carboxylic acids is 1. The molecule has 0 aliphatic carbocycles. The second-order valence-corrected chi connectivity index (χ2v) is 5.02. The van der Waals surface area contributed by atoms with Gasteiger partial charge in [0, 0.05) is 24.8 Å². The number of pyridine rings is 1. The maximum atomic E-state index is 12.3. The molecule has 1 atom stereocenters. The SMILES string of the molecule is Cc1ccc2oc(C(=O)N3CCC(C(=O)O)C3)cc2n1. The number of likely N-dealkylation sites (tertiary alicyclic amines) is 1. The molecule has 1 saturated heterocycles. The van der Waals surface area contributed by atoms with Crippen molar-refractivity contribution < 1.29 is 19.1 Å². The van der Waals surface area contributed by atoms with Gasteiger partial charge >= 0.3 is 5.97 Å². The van der Waals surface area contributed by atoms with Crippen LogP contribution in [-0.2, 0) is 4.79 Å². The number of nitrogens with zero attached hydrogens (tertiary/aromatic N) is 2. The van der Waals surface area contributed by atoms with Gasteiger partial charge in [0.1, 0.15) is 5.52 Å². The van der Waals surface area contributed by atoms with Gasteiger partial charge in [-0.25, -0.2) is 4.98 Å². The van der Waals surface area contributed by atoms with Gasteiger partial charge < -0.3 is 14.4 Å². The maximum Gasteiger partial charge on any atom is 0.308 e. The number of rotatable bonds is 2. The zero-order valence-electron chi connectivity index (χ0n) is 11.0. The zero-order chi connectivity index (χ0) is 14.3. The largest absolute Gasteiger partial charge is 0.481 e. The van der Waals surface area contributed by atoms with Gasteiger partial charge in [-0.05, 0) is 25.5 Å². The van der Waals surface area contributed by atoms with E-state index in [1.54, 1.807) is 12.1 Å². The highest BCUT2D eigenvalue weighted by Crippen LogP contribution is 2.23. The van der Waals surface area contributed by atoms with E-state index in [4.69, 9.17) is 9.52 Å². The normalized spacial score (nSPS) is 18.6. The monoisotopic (exact) mass is 274 g/mol. The third kappa shape index (κ3) is 2.13. The lowest BCUT2D eigenvalue weighted by atomic mass is 10.1. The molecule has 3 heterocycles. The molecule has 1 aliphatic rings. The Hall–Kier alpha value is -2.37. The minimum atomic E-state index is -0.859. The minimum Gasteiger partial charge on any atom is -0.481 e. The average Bonchev–Trinajstić information content (AvgIpc) is 3.03. The molecule has 20 heavy (non-hydrogen) atoms. The minimum absolute atomic E-state index is 0.212. The first-order valence-corrected chi connectivity index (χ1v) is 6.44. The number of hydrogen-bond acceptors (Lipinski definition) is 4. The van der Waals surface area contributed by atoms with Gasteiger partial charge in [0.15, 0.2) is 11.3 Å². The first kappa shape index (κ1) is 12.7. The fourth-order valence-corrected chi connectivity index (χ4v) is 2.43. The van der Waals surface area contributed by atoms with Crippen LogP contribution in [0.25, 0.3) is 11.1 Å². The van der Waals surface area contributed by atoms with Crippen LogP contribution in [0.15, 0.2) is 22.6 Å². The molecule has 1 unspecified atom stereocenters. The molecule has 2 aromatic rings. The smallest absolute Gasteiger partial charge is 0.308 e. The Bertz CT molecular complexity index is 692. The highest BCUT2D eigenvalue weighted by molar-refractivity contribution is 5.95. The lowest BCUT2D eigenvalue weighted by Crippen LogP contribution is -2.29. The second kappa shape index (κ2) is 4.63. The summed E-state index contributed by atoms with van der Waals surface area (Å²) in [6.45, 7) is 2.54. The number of carboxylic acids is 1. The highest BCUT2D eigenvalue weighted by atomic mass is 16.4. The highest BCUT2D eigenvalue weighted by Gasteiger charge is 2.32. The lowest BCUT2D eigenvalue weighted by molar-refractivity contribution is -0.141. The first-order valence-electron chi connectivity index (χ1n) is 6.44. The predicted octanol–water partition coefficient (Wildman–Crippen LogP) is 1.68. The Balaban J connectivity index is 1.84. The van der Waals surface area contributed by atoms with Crippen molar-refractivity contribution in [2.75, 3.05) is 13.1 Å². The van der Waals surface area contributed by atoms with E-state index in [1.807, 2.05) is 13.0 Å². The van der Waals surface area contributed by atoms with Gasteiger partial charge in [0.2, 0.25) is 0 Å². The Labute approximate surface area is 115 Å². The number of furan rings is 1. The number of carbonyl (C=O) groups is 2.